The molecule has 1 N–H and O–H groups in total. The second-order valence-electron chi connectivity index (χ2n) is 4.63. The fourth-order valence-electron chi connectivity index (χ4n) is 2.81. The number of carbonyl (C=O) groups is 1. The van der Waals surface area contributed by atoms with Gasteiger partial charge in [-0.05, 0) is 29.5 Å². The smallest absolute Gasteiger partial charge is 0.309 e. The summed E-state index contributed by atoms with van der Waals surface area (Å²) in [7, 11) is 1.57. The van der Waals surface area contributed by atoms with Gasteiger partial charge in [0.05, 0.1) is 19.6 Å². The van der Waals surface area contributed by atoms with Crippen LogP contribution < -0.4 is 10.2 Å². The lowest BCUT2D eigenvalue weighted by Crippen LogP contribution is -2.29. The summed E-state index contributed by atoms with van der Waals surface area (Å²) in [4.78, 5) is 12.1. The number of fused-ring (bicyclic) bond motifs is 1. The third kappa shape index (κ3) is 2.76. The monoisotopic (exact) mass is 283 g/mol. The van der Waals surface area contributed by atoms with Gasteiger partial charge in [0.2, 0.25) is 0 Å². The molecule has 0 bridgehead atoms. The van der Waals surface area contributed by atoms with E-state index in [-0.39, 0.29) is 24.3 Å². The zero-order chi connectivity index (χ0) is 14.5. The molecule has 5 nitrogen and oxygen atoms in total. The Hall–Kier alpha value is -1.66. The van der Waals surface area contributed by atoms with Crippen LogP contribution in [0.15, 0.2) is 18.2 Å². The maximum Gasteiger partial charge on any atom is 0.309 e. The van der Waals surface area contributed by atoms with Crippen molar-refractivity contribution in [1.29, 1.82) is 0 Å². The highest BCUT2D eigenvalue weighted by atomic mass is 19.3. The van der Waals surface area contributed by atoms with Gasteiger partial charge >= 0.3 is 5.97 Å². The predicted molar refractivity (Wildman–Crippen MR) is 69.8 cm³/mol. The van der Waals surface area contributed by atoms with Gasteiger partial charge < -0.3 is 9.47 Å². The van der Waals surface area contributed by atoms with E-state index >= 15 is 0 Å². The molecule has 0 aliphatic heterocycles. The summed E-state index contributed by atoms with van der Waals surface area (Å²) < 4.78 is 22.4. The van der Waals surface area contributed by atoms with Gasteiger partial charge in [-0.25, -0.2) is 0 Å². The van der Waals surface area contributed by atoms with Crippen molar-refractivity contribution >= 4 is 5.97 Å². The van der Waals surface area contributed by atoms with Gasteiger partial charge in [-0.1, -0.05) is 17.2 Å². The minimum atomic E-state index is -0.358. The van der Waals surface area contributed by atoms with Gasteiger partial charge in [0.1, 0.15) is 5.75 Å². The van der Waals surface area contributed by atoms with E-state index in [9.17, 15) is 9.32 Å². The number of ether oxygens (including phenoxy) is 2. The number of esters is 1. The molecule has 2 atom stereocenters. The molecule has 0 saturated carbocycles. The summed E-state index contributed by atoms with van der Waals surface area (Å²) in [6.45, 7) is 2.26. The Balaban J connectivity index is 2.31. The highest BCUT2D eigenvalue weighted by Gasteiger charge is 2.40. The van der Waals surface area contributed by atoms with Gasteiger partial charge in [-0.2, -0.15) is 5.48 Å². The van der Waals surface area contributed by atoms with Crippen molar-refractivity contribution in [3.05, 3.63) is 29.3 Å². The Labute approximate surface area is 116 Å². The lowest BCUT2D eigenvalue weighted by atomic mass is 9.92. The molecular formula is C14H18FNO4. The molecule has 1 aromatic carbocycles. The second-order valence-corrected chi connectivity index (χ2v) is 4.63. The van der Waals surface area contributed by atoms with Crippen LogP contribution in [0.1, 0.15) is 24.0 Å². The Bertz CT molecular complexity index is 480. The molecule has 0 radical (unpaired) electrons. The SMILES string of the molecule is CCOC(=O)C1Cc2cccc(OC)c2C1CNOF. The number of rotatable bonds is 6. The molecule has 0 saturated heterocycles. The quantitative estimate of drug-likeness (QED) is 0.638. The zero-order valence-electron chi connectivity index (χ0n) is 11.5. The molecule has 1 aliphatic carbocycles. The number of hydroxylamine groups is 1. The van der Waals surface area contributed by atoms with Crippen LogP contribution >= 0.6 is 0 Å². The fraction of sp³-hybridized carbons (Fsp3) is 0.500. The van der Waals surface area contributed by atoms with E-state index in [0.717, 1.165) is 11.1 Å². The summed E-state index contributed by atoms with van der Waals surface area (Å²) in [6.07, 6.45) is 0.560. The Morgan fingerprint density at radius 2 is 2.30 bits per heavy atom. The maximum atomic E-state index is 12.1. The molecule has 6 heteroatoms. The first-order valence-electron chi connectivity index (χ1n) is 6.55. The second kappa shape index (κ2) is 6.67. The minimum absolute atomic E-state index is 0.174. The molecule has 0 spiro atoms. The summed E-state index contributed by atoms with van der Waals surface area (Å²) in [5.74, 6) is -0.184. The van der Waals surface area contributed by atoms with Crippen LogP contribution in [-0.4, -0.2) is 26.2 Å². The van der Waals surface area contributed by atoms with Gasteiger partial charge in [0.15, 0.2) is 0 Å². The van der Waals surface area contributed by atoms with Crippen LogP contribution in [0.4, 0.5) is 4.53 Å². The zero-order valence-corrected chi connectivity index (χ0v) is 11.5. The van der Waals surface area contributed by atoms with Crippen LogP contribution in [0.2, 0.25) is 0 Å². The van der Waals surface area contributed by atoms with Gasteiger partial charge in [-0.15, -0.1) is 0 Å². The van der Waals surface area contributed by atoms with E-state index in [2.05, 4.69) is 10.5 Å². The third-order valence-corrected chi connectivity index (χ3v) is 3.62. The van der Waals surface area contributed by atoms with E-state index in [1.807, 2.05) is 18.2 Å². The van der Waals surface area contributed by atoms with Crippen molar-refractivity contribution in [1.82, 2.24) is 5.48 Å². The van der Waals surface area contributed by atoms with Gasteiger partial charge in [0.25, 0.3) is 0 Å². The lowest BCUT2D eigenvalue weighted by Gasteiger charge is -2.19. The van der Waals surface area contributed by atoms with Crippen LogP contribution in [0.25, 0.3) is 0 Å². The Kier molecular flexibility index (Phi) is 4.92. The Morgan fingerprint density at radius 1 is 1.50 bits per heavy atom. The van der Waals surface area contributed by atoms with Crippen LogP contribution in [0, 0.1) is 5.92 Å². The normalized spacial score (nSPS) is 20.6. The van der Waals surface area contributed by atoms with Crippen molar-refractivity contribution in [2.45, 2.75) is 19.3 Å². The number of methoxy groups -OCH3 is 1. The summed E-state index contributed by atoms with van der Waals surface area (Å²) in [5.41, 5.74) is 4.12. The summed E-state index contributed by atoms with van der Waals surface area (Å²) in [6, 6.07) is 5.65. The average Bonchev–Trinajstić information content (AvgIpc) is 2.84. The van der Waals surface area contributed by atoms with Crippen LogP contribution in [-0.2, 0) is 21.0 Å². The topological polar surface area (TPSA) is 56.8 Å². The standard InChI is InChI=1S/C14H18FNO4/c1-3-19-14(17)10-7-9-5-4-6-12(18-2)13(9)11(10)8-16-20-15/h4-6,10-11,16H,3,7-8H2,1-2H3. The van der Waals surface area contributed by atoms with Crippen molar-refractivity contribution in [2.24, 2.45) is 5.92 Å². The van der Waals surface area contributed by atoms with Gasteiger partial charge in [0, 0.05) is 18.0 Å². The number of benzene rings is 1. The van der Waals surface area contributed by atoms with Crippen molar-refractivity contribution in [3.8, 4) is 5.75 Å². The van der Waals surface area contributed by atoms with Crippen LogP contribution in [0.3, 0.4) is 0 Å². The van der Waals surface area contributed by atoms with Crippen molar-refractivity contribution < 1.29 is 23.8 Å². The molecule has 110 valence electrons. The number of hydrogen-bond donors (Lipinski definition) is 1. The Morgan fingerprint density at radius 3 is 2.95 bits per heavy atom. The molecule has 2 unspecified atom stereocenters. The number of nitrogens with one attached hydrogen (secondary N) is 1. The minimum Gasteiger partial charge on any atom is -0.496 e. The number of carbonyl (C=O) groups excluding carboxylic acids is 1. The van der Waals surface area contributed by atoms with Crippen molar-refractivity contribution in [2.75, 3.05) is 20.3 Å². The first-order valence-corrected chi connectivity index (χ1v) is 6.55. The average molecular weight is 283 g/mol. The summed E-state index contributed by atoms with van der Waals surface area (Å²) >= 11 is 0. The van der Waals surface area contributed by atoms with E-state index in [1.165, 1.54) is 0 Å². The fourth-order valence-corrected chi connectivity index (χ4v) is 2.81. The predicted octanol–water partition coefficient (Wildman–Crippen LogP) is 1.92. The maximum absolute atomic E-state index is 12.1. The molecule has 0 fully saturated rings. The van der Waals surface area contributed by atoms with E-state index in [0.29, 0.717) is 18.8 Å². The van der Waals surface area contributed by atoms with E-state index in [4.69, 9.17) is 9.47 Å². The van der Waals surface area contributed by atoms with E-state index < -0.39 is 0 Å². The lowest BCUT2D eigenvalue weighted by molar-refractivity contribution is -0.194. The van der Waals surface area contributed by atoms with Crippen LogP contribution in [0.5, 0.6) is 5.75 Å². The summed E-state index contributed by atoms with van der Waals surface area (Å²) in [5, 5.41) is 3.44. The molecule has 1 aromatic rings. The first kappa shape index (κ1) is 14.7. The molecule has 1 aliphatic rings. The third-order valence-electron chi connectivity index (χ3n) is 3.62. The number of halogens is 1. The molecule has 0 aromatic heterocycles. The largest absolute Gasteiger partial charge is 0.496 e. The van der Waals surface area contributed by atoms with E-state index in [1.54, 1.807) is 14.0 Å². The molecule has 0 heterocycles. The molecular weight excluding hydrogens is 265 g/mol. The molecule has 2 rings (SSSR count). The first-order chi connectivity index (χ1) is 9.72. The number of hydrogen-bond acceptors (Lipinski definition) is 5. The molecule has 20 heavy (non-hydrogen) atoms. The highest BCUT2D eigenvalue weighted by Crippen LogP contribution is 2.43. The highest BCUT2D eigenvalue weighted by molar-refractivity contribution is 5.76. The van der Waals surface area contributed by atoms with Crippen molar-refractivity contribution in [3.63, 3.8) is 0 Å². The van der Waals surface area contributed by atoms with Gasteiger partial charge in [-0.3, -0.25) is 4.79 Å². The molecule has 0 amide bonds.